The largest absolute Gasteiger partial charge is 0.381 e. The van der Waals surface area contributed by atoms with Crippen molar-refractivity contribution in [1.29, 1.82) is 0 Å². The fourth-order valence-corrected chi connectivity index (χ4v) is 2.50. The lowest BCUT2D eigenvalue weighted by Crippen LogP contribution is -2.51. The van der Waals surface area contributed by atoms with E-state index >= 15 is 0 Å². The highest BCUT2D eigenvalue weighted by Crippen LogP contribution is 2.29. The molecule has 0 bridgehead atoms. The number of carbonyl (C=O) groups excluding carboxylic acids is 1. The first-order chi connectivity index (χ1) is 7.28. The molecule has 0 aromatic carbocycles. The molecule has 2 aliphatic rings. The molecule has 86 valence electrons. The predicted octanol–water partition coefficient (Wildman–Crippen LogP) is 0.361. The van der Waals surface area contributed by atoms with Gasteiger partial charge in [0.15, 0.2) is 5.78 Å². The van der Waals surface area contributed by atoms with E-state index in [4.69, 9.17) is 9.47 Å². The summed E-state index contributed by atoms with van der Waals surface area (Å²) in [6.45, 7) is 3.03. The zero-order valence-electron chi connectivity index (χ0n) is 9.25. The van der Waals surface area contributed by atoms with Crippen LogP contribution >= 0.6 is 0 Å². The molecule has 2 rings (SSSR count). The Labute approximate surface area is 90.3 Å². The molecule has 0 radical (unpaired) electrons. The van der Waals surface area contributed by atoms with Crippen LogP contribution in [0.1, 0.15) is 19.3 Å². The molecule has 0 amide bonds. The molecule has 2 saturated heterocycles. The Morgan fingerprint density at radius 3 is 2.73 bits per heavy atom. The summed E-state index contributed by atoms with van der Waals surface area (Å²) >= 11 is 0. The highest BCUT2D eigenvalue weighted by atomic mass is 16.5. The monoisotopic (exact) mass is 213 g/mol. The average Bonchev–Trinajstić information content (AvgIpc) is 2.82. The maximum Gasteiger partial charge on any atom is 0.170 e. The van der Waals surface area contributed by atoms with Gasteiger partial charge in [0.05, 0.1) is 6.61 Å². The number of nitrogens with one attached hydrogen (secondary N) is 1. The molecule has 2 heterocycles. The second kappa shape index (κ2) is 4.60. The van der Waals surface area contributed by atoms with Crippen molar-refractivity contribution in [3.63, 3.8) is 0 Å². The second-order valence-electron chi connectivity index (χ2n) is 4.37. The molecule has 1 unspecified atom stereocenters. The first-order valence-electron chi connectivity index (χ1n) is 5.66. The van der Waals surface area contributed by atoms with E-state index in [2.05, 4.69) is 5.32 Å². The van der Waals surface area contributed by atoms with Crippen molar-refractivity contribution in [2.75, 3.05) is 33.4 Å². The number of ether oxygens (including phenoxy) is 2. The minimum atomic E-state index is -0.538. The molecule has 2 aliphatic heterocycles. The van der Waals surface area contributed by atoms with Crippen LogP contribution in [0, 0.1) is 5.92 Å². The Hall–Kier alpha value is -0.450. The van der Waals surface area contributed by atoms with Crippen LogP contribution < -0.4 is 5.32 Å². The summed E-state index contributed by atoms with van der Waals surface area (Å²) < 4.78 is 10.8. The zero-order valence-corrected chi connectivity index (χ0v) is 9.25. The van der Waals surface area contributed by atoms with E-state index in [0.717, 1.165) is 32.4 Å². The van der Waals surface area contributed by atoms with Crippen molar-refractivity contribution in [3.05, 3.63) is 0 Å². The summed E-state index contributed by atoms with van der Waals surface area (Å²) in [4.78, 5) is 12.3. The lowest BCUT2D eigenvalue weighted by molar-refractivity contribution is -0.148. The smallest absolute Gasteiger partial charge is 0.170 e. The van der Waals surface area contributed by atoms with Gasteiger partial charge in [0.1, 0.15) is 5.60 Å². The predicted molar refractivity (Wildman–Crippen MR) is 55.8 cm³/mol. The Kier molecular flexibility index (Phi) is 3.38. The SMILES string of the molecule is COC1(C(=O)C2CCOC2)CCNCC1. The standard InChI is InChI=1S/C11H19NO3/c1-14-11(3-5-12-6-4-11)10(13)9-2-7-15-8-9/h9,12H,2-8H2,1H3. The molecule has 0 spiro atoms. The van der Waals surface area contributed by atoms with Crippen LogP contribution in [0.4, 0.5) is 0 Å². The van der Waals surface area contributed by atoms with Gasteiger partial charge >= 0.3 is 0 Å². The summed E-state index contributed by atoms with van der Waals surface area (Å²) in [5.74, 6) is 0.312. The minimum Gasteiger partial charge on any atom is -0.381 e. The molecular formula is C11H19NO3. The van der Waals surface area contributed by atoms with Crippen LogP contribution in [0.3, 0.4) is 0 Å². The van der Waals surface area contributed by atoms with E-state index in [-0.39, 0.29) is 11.7 Å². The Morgan fingerprint density at radius 1 is 1.47 bits per heavy atom. The van der Waals surface area contributed by atoms with Gasteiger partial charge in [0, 0.05) is 19.6 Å². The topological polar surface area (TPSA) is 47.6 Å². The van der Waals surface area contributed by atoms with E-state index in [9.17, 15) is 4.79 Å². The lowest BCUT2D eigenvalue weighted by Gasteiger charge is -2.36. The number of carbonyl (C=O) groups is 1. The molecule has 4 heteroatoms. The second-order valence-corrected chi connectivity index (χ2v) is 4.37. The first-order valence-corrected chi connectivity index (χ1v) is 5.66. The van der Waals surface area contributed by atoms with Crippen molar-refractivity contribution < 1.29 is 14.3 Å². The van der Waals surface area contributed by atoms with E-state index in [0.29, 0.717) is 13.2 Å². The van der Waals surface area contributed by atoms with Gasteiger partial charge in [-0.2, -0.15) is 0 Å². The van der Waals surface area contributed by atoms with Crippen molar-refractivity contribution in [3.8, 4) is 0 Å². The Balaban J connectivity index is 2.06. The fraction of sp³-hybridized carbons (Fsp3) is 0.909. The van der Waals surface area contributed by atoms with E-state index < -0.39 is 5.60 Å². The average molecular weight is 213 g/mol. The zero-order chi connectivity index (χ0) is 10.7. The van der Waals surface area contributed by atoms with Crippen molar-refractivity contribution in [1.82, 2.24) is 5.32 Å². The van der Waals surface area contributed by atoms with Crippen LogP contribution in [0.15, 0.2) is 0 Å². The van der Waals surface area contributed by atoms with Crippen LogP contribution in [-0.2, 0) is 14.3 Å². The molecule has 2 fully saturated rings. The fourth-order valence-electron chi connectivity index (χ4n) is 2.50. The summed E-state index contributed by atoms with van der Waals surface area (Å²) in [7, 11) is 1.65. The number of hydrogen-bond donors (Lipinski definition) is 1. The van der Waals surface area contributed by atoms with Gasteiger partial charge in [-0.25, -0.2) is 0 Å². The summed E-state index contributed by atoms with van der Waals surface area (Å²) in [5.41, 5.74) is -0.538. The maximum atomic E-state index is 12.3. The number of ketones is 1. The first kappa shape index (κ1) is 11.0. The van der Waals surface area contributed by atoms with Gasteiger partial charge in [0.2, 0.25) is 0 Å². The van der Waals surface area contributed by atoms with Gasteiger partial charge in [-0.1, -0.05) is 0 Å². The molecule has 0 aliphatic carbocycles. The normalized spacial score (nSPS) is 30.3. The number of piperidine rings is 1. The Morgan fingerprint density at radius 2 is 2.20 bits per heavy atom. The van der Waals surface area contributed by atoms with Gasteiger partial charge in [0.25, 0.3) is 0 Å². The number of hydrogen-bond acceptors (Lipinski definition) is 4. The van der Waals surface area contributed by atoms with Crippen molar-refractivity contribution >= 4 is 5.78 Å². The molecule has 0 aromatic heterocycles. The molecule has 1 atom stereocenters. The van der Waals surface area contributed by atoms with Crippen molar-refractivity contribution in [2.45, 2.75) is 24.9 Å². The van der Waals surface area contributed by atoms with Crippen LogP contribution in [-0.4, -0.2) is 44.8 Å². The summed E-state index contributed by atoms with van der Waals surface area (Å²) in [6.07, 6.45) is 2.44. The van der Waals surface area contributed by atoms with E-state index in [1.54, 1.807) is 7.11 Å². The third-order valence-corrected chi connectivity index (χ3v) is 3.55. The number of rotatable bonds is 3. The van der Waals surface area contributed by atoms with Gasteiger partial charge in [-0.05, 0) is 32.4 Å². The Bertz CT molecular complexity index is 230. The van der Waals surface area contributed by atoms with Gasteiger partial charge < -0.3 is 14.8 Å². The third kappa shape index (κ3) is 2.07. The quantitative estimate of drug-likeness (QED) is 0.735. The highest BCUT2D eigenvalue weighted by molar-refractivity contribution is 5.90. The summed E-state index contributed by atoms with van der Waals surface area (Å²) in [6, 6.07) is 0. The maximum absolute atomic E-state index is 12.3. The highest BCUT2D eigenvalue weighted by Gasteiger charge is 2.43. The number of methoxy groups -OCH3 is 1. The molecule has 15 heavy (non-hydrogen) atoms. The molecular weight excluding hydrogens is 194 g/mol. The van der Waals surface area contributed by atoms with Crippen LogP contribution in [0.5, 0.6) is 0 Å². The molecule has 4 nitrogen and oxygen atoms in total. The third-order valence-electron chi connectivity index (χ3n) is 3.55. The molecule has 1 N–H and O–H groups in total. The lowest BCUT2D eigenvalue weighted by atomic mass is 9.81. The van der Waals surface area contributed by atoms with Gasteiger partial charge in [-0.15, -0.1) is 0 Å². The molecule has 0 aromatic rings. The minimum absolute atomic E-state index is 0.0584. The van der Waals surface area contributed by atoms with Crippen molar-refractivity contribution in [2.24, 2.45) is 5.92 Å². The van der Waals surface area contributed by atoms with E-state index in [1.165, 1.54) is 0 Å². The van der Waals surface area contributed by atoms with Gasteiger partial charge in [-0.3, -0.25) is 4.79 Å². The van der Waals surface area contributed by atoms with Crippen LogP contribution in [0.25, 0.3) is 0 Å². The van der Waals surface area contributed by atoms with E-state index in [1.807, 2.05) is 0 Å². The molecule has 0 saturated carbocycles. The number of Topliss-reactive ketones (excluding diaryl/α,β-unsaturated/α-hetero) is 1. The summed E-state index contributed by atoms with van der Waals surface area (Å²) in [5, 5.41) is 3.26. The van der Waals surface area contributed by atoms with Crippen LogP contribution in [0.2, 0.25) is 0 Å².